The van der Waals surface area contributed by atoms with Crippen LogP contribution >= 0.6 is 0 Å². The van der Waals surface area contributed by atoms with E-state index in [1.807, 2.05) is 0 Å². The molecule has 0 bridgehead atoms. The van der Waals surface area contributed by atoms with E-state index in [1.54, 1.807) is 0 Å². The summed E-state index contributed by atoms with van der Waals surface area (Å²) in [4.78, 5) is 0. The molecule has 20 heavy (non-hydrogen) atoms. The van der Waals surface area contributed by atoms with Gasteiger partial charge in [0.1, 0.15) is 11.9 Å². The molecule has 0 aromatic carbocycles. The number of aromatic nitrogens is 2. The zero-order valence-electron chi connectivity index (χ0n) is 11.5. The van der Waals surface area contributed by atoms with E-state index >= 15 is 0 Å². The first-order valence-electron chi connectivity index (χ1n) is 7.35. The average molecular weight is 278 g/mol. The van der Waals surface area contributed by atoms with Gasteiger partial charge in [0, 0.05) is 0 Å². The van der Waals surface area contributed by atoms with Crippen LogP contribution in [-0.2, 0) is 0 Å². The van der Waals surface area contributed by atoms with Crippen molar-refractivity contribution < 1.29 is 5.11 Å². The van der Waals surface area contributed by atoms with E-state index in [0.717, 1.165) is 19.3 Å². The van der Waals surface area contributed by atoms with Crippen LogP contribution in [-0.4, -0.2) is 27.4 Å². The first-order valence-corrected chi connectivity index (χ1v) is 7.35. The molecule has 6 N–H and O–H groups in total. The van der Waals surface area contributed by atoms with Gasteiger partial charge in [-0.25, -0.2) is 0 Å². The normalized spacial score (nSPS) is 34.2. The second-order valence-corrected chi connectivity index (χ2v) is 5.93. The van der Waals surface area contributed by atoms with Gasteiger partial charge in [-0.05, 0) is 31.1 Å². The smallest absolute Gasteiger partial charge is 0.175 e. The second-order valence-electron chi connectivity index (χ2n) is 5.93. The van der Waals surface area contributed by atoms with Crippen LogP contribution in [0.4, 0.5) is 17.3 Å². The van der Waals surface area contributed by atoms with Gasteiger partial charge in [-0.3, -0.25) is 5.10 Å². The first-order chi connectivity index (χ1) is 9.66. The van der Waals surface area contributed by atoms with Crippen molar-refractivity contribution in [3.63, 3.8) is 0 Å². The maximum Gasteiger partial charge on any atom is 0.175 e. The summed E-state index contributed by atoms with van der Waals surface area (Å²) in [7, 11) is 0. The van der Waals surface area contributed by atoms with E-state index < -0.39 is 6.10 Å². The Labute approximate surface area is 117 Å². The monoisotopic (exact) mass is 278 g/mol. The van der Waals surface area contributed by atoms with Gasteiger partial charge in [-0.2, -0.15) is 10.2 Å². The van der Waals surface area contributed by atoms with Crippen molar-refractivity contribution in [2.24, 2.45) is 22.1 Å². The lowest BCUT2D eigenvalue weighted by Gasteiger charge is -2.41. The predicted molar refractivity (Wildman–Crippen MR) is 76.4 cm³/mol. The summed E-state index contributed by atoms with van der Waals surface area (Å²) in [5.41, 5.74) is 11.8. The van der Waals surface area contributed by atoms with Crippen molar-refractivity contribution in [1.29, 1.82) is 0 Å². The number of H-pyrrole nitrogens is 1. The Morgan fingerprint density at radius 2 is 1.95 bits per heavy atom. The number of anilines is 2. The molecule has 3 rings (SSSR count). The Balaban J connectivity index is 1.80. The number of nitrogen functional groups attached to an aromatic ring is 2. The van der Waals surface area contributed by atoms with E-state index in [4.69, 9.17) is 11.5 Å². The number of fused-ring (bicyclic) bond motifs is 1. The van der Waals surface area contributed by atoms with E-state index in [9.17, 15) is 5.11 Å². The van der Waals surface area contributed by atoms with Crippen molar-refractivity contribution in [2.75, 3.05) is 11.5 Å². The van der Waals surface area contributed by atoms with Crippen molar-refractivity contribution in [3.05, 3.63) is 0 Å². The Morgan fingerprint density at radius 3 is 2.70 bits per heavy atom. The van der Waals surface area contributed by atoms with E-state index in [-0.39, 0.29) is 11.9 Å². The number of aliphatic hydroxyl groups is 1. The third kappa shape index (κ3) is 2.37. The van der Waals surface area contributed by atoms with Gasteiger partial charge in [0.05, 0.1) is 6.10 Å². The summed E-state index contributed by atoms with van der Waals surface area (Å²) in [6.07, 6.45) is 6.39. The summed E-state index contributed by atoms with van der Waals surface area (Å²) in [5.74, 6) is 1.68. The summed E-state index contributed by atoms with van der Waals surface area (Å²) in [5, 5.41) is 25.1. The molecule has 1 heterocycles. The molecular formula is C13H22N6O. The molecule has 0 saturated heterocycles. The Kier molecular flexibility index (Phi) is 3.60. The standard InChI is InChI=1S/C13H22N6O/c14-12-11(13(15)19-18-12)17-16-10-8-4-2-1-3-7(8)5-6-9(10)20/h7-10,20H,1-6H2,(H5,14,15,18,19). The topological polar surface area (TPSA) is 126 Å². The molecular weight excluding hydrogens is 256 g/mol. The SMILES string of the molecule is Nc1n[nH]c(N)c1N=NC1C(O)CCC2CCCCC21. The number of nitrogens with zero attached hydrogens (tertiary/aromatic N) is 3. The highest BCUT2D eigenvalue weighted by molar-refractivity contribution is 5.69. The highest BCUT2D eigenvalue weighted by Crippen LogP contribution is 2.42. The number of hydrogen-bond acceptors (Lipinski definition) is 6. The van der Waals surface area contributed by atoms with E-state index in [2.05, 4.69) is 20.4 Å². The maximum atomic E-state index is 10.2. The van der Waals surface area contributed by atoms with Gasteiger partial charge < -0.3 is 16.6 Å². The minimum Gasteiger partial charge on any atom is -0.391 e. The molecule has 1 aromatic heterocycles. The third-order valence-electron chi connectivity index (χ3n) is 4.72. The van der Waals surface area contributed by atoms with Gasteiger partial charge in [-0.1, -0.05) is 19.3 Å². The van der Waals surface area contributed by atoms with Crippen molar-refractivity contribution in [1.82, 2.24) is 10.2 Å². The minimum atomic E-state index is -0.410. The third-order valence-corrected chi connectivity index (χ3v) is 4.72. The average Bonchev–Trinajstić information content (AvgIpc) is 2.77. The number of azo groups is 1. The highest BCUT2D eigenvalue weighted by atomic mass is 16.3. The zero-order valence-corrected chi connectivity index (χ0v) is 11.5. The van der Waals surface area contributed by atoms with Crippen LogP contribution in [0.25, 0.3) is 0 Å². The van der Waals surface area contributed by atoms with E-state index in [0.29, 0.717) is 23.3 Å². The first kappa shape index (κ1) is 13.4. The fourth-order valence-corrected chi connectivity index (χ4v) is 3.64. The lowest BCUT2D eigenvalue weighted by Crippen LogP contribution is -2.42. The molecule has 2 aliphatic rings. The summed E-state index contributed by atoms with van der Waals surface area (Å²) in [6.45, 7) is 0. The Hall–Kier alpha value is -1.63. The number of aromatic amines is 1. The van der Waals surface area contributed by atoms with Crippen molar-refractivity contribution in [2.45, 2.75) is 50.7 Å². The van der Waals surface area contributed by atoms with Crippen LogP contribution in [0.2, 0.25) is 0 Å². The molecule has 7 heteroatoms. The van der Waals surface area contributed by atoms with Gasteiger partial charge in [0.25, 0.3) is 0 Å². The summed E-state index contributed by atoms with van der Waals surface area (Å²) >= 11 is 0. The van der Waals surface area contributed by atoms with Gasteiger partial charge >= 0.3 is 0 Å². The second kappa shape index (κ2) is 5.40. The highest BCUT2D eigenvalue weighted by Gasteiger charge is 2.40. The summed E-state index contributed by atoms with van der Waals surface area (Å²) in [6, 6.07) is -0.136. The fraction of sp³-hybridized carbons (Fsp3) is 0.769. The fourth-order valence-electron chi connectivity index (χ4n) is 3.64. The quantitative estimate of drug-likeness (QED) is 0.617. The number of aliphatic hydroxyl groups excluding tert-OH is 1. The number of nitrogens with one attached hydrogen (secondary N) is 1. The zero-order chi connectivity index (χ0) is 14.1. The largest absolute Gasteiger partial charge is 0.391 e. The Bertz CT molecular complexity index is 480. The number of hydrogen-bond donors (Lipinski definition) is 4. The van der Waals surface area contributed by atoms with Crippen LogP contribution in [0.1, 0.15) is 38.5 Å². The van der Waals surface area contributed by atoms with Gasteiger partial charge in [0.2, 0.25) is 0 Å². The molecule has 2 saturated carbocycles. The molecule has 110 valence electrons. The molecule has 2 fully saturated rings. The molecule has 1 aromatic rings. The van der Waals surface area contributed by atoms with Crippen LogP contribution in [0.5, 0.6) is 0 Å². The molecule has 0 spiro atoms. The van der Waals surface area contributed by atoms with Crippen LogP contribution in [0.3, 0.4) is 0 Å². The molecule has 0 aliphatic heterocycles. The molecule has 4 atom stereocenters. The molecule has 0 amide bonds. The summed E-state index contributed by atoms with van der Waals surface area (Å²) < 4.78 is 0. The lowest BCUT2D eigenvalue weighted by atomic mass is 9.67. The van der Waals surface area contributed by atoms with Gasteiger partial charge in [-0.15, -0.1) is 5.11 Å². The van der Waals surface area contributed by atoms with Crippen LogP contribution < -0.4 is 11.5 Å². The molecule has 2 aliphatic carbocycles. The lowest BCUT2D eigenvalue weighted by molar-refractivity contribution is 0.0246. The molecule has 0 radical (unpaired) electrons. The minimum absolute atomic E-state index is 0.136. The Morgan fingerprint density at radius 1 is 1.15 bits per heavy atom. The van der Waals surface area contributed by atoms with Crippen LogP contribution in [0, 0.1) is 11.8 Å². The molecule has 4 unspecified atom stereocenters. The molecule has 7 nitrogen and oxygen atoms in total. The number of nitrogens with two attached hydrogens (primary N) is 2. The van der Waals surface area contributed by atoms with E-state index in [1.165, 1.54) is 19.3 Å². The number of rotatable bonds is 2. The van der Waals surface area contributed by atoms with Gasteiger partial charge in [0.15, 0.2) is 11.5 Å². The maximum absolute atomic E-state index is 10.2. The predicted octanol–water partition coefficient (Wildman–Crippen LogP) is 1.99. The van der Waals surface area contributed by atoms with Crippen molar-refractivity contribution >= 4 is 17.3 Å². The van der Waals surface area contributed by atoms with Crippen LogP contribution in [0.15, 0.2) is 10.2 Å². The van der Waals surface area contributed by atoms with Crippen molar-refractivity contribution in [3.8, 4) is 0 Å².